The number of likely N-dealkylation sites (tertiary alicyclic amines) is 1. The Morgan fingerprint density at radius 3 is 2.68 bits per heavy atom. The van der Waals surface area contributed by atoms with Crippen molar-refractivity contribution in [2.24, 2.45) is 0 Å². The molecule has 1 fully saturated rings. The van der Waals surface area contributed by atoms with E-state index in [4.69, 9.17) is 5.11 Å². The third-order valence-corrected chi connectivity index (χ3v) is 3.43. The number of carboxylic acids is 1. The van der Waals surface area contributed by atoms with Gasteiger partial charge in [0, 0.05) is 20.1 Å². The summed E-state index contributed by atoms with van der Waals surface area (Å²) in [5.41, 5.74) is 1.73. The minimum Gasteiger partial charge on any atom is -0.481 e. The van der Waals surface area contributed by atoms with Gasteiger partial charge in [-0.1, -0.05) is 24.3 Å². The highest BCUT2D eigenvalue weighted by Gasteiger charge is 2.28. The number of carbonyl (C=O) groups is 2. The van der Waals surface area contributed by atoms with Crippen molar-refractivity contribution in [3.05, 3.63) is 35.4 Å². The summed E-state index contributed by atoms with van der Waals surface area (Å²) in [5, 5.41) is 12.1. The number of nitrogens with one attached hydrogen (secondary N) is 1. The molecule has 1 aromatic carbocycles. The zero-order valence-corrected chi connectivity index (χ0v) is 10.9. The lowest BCUT2D eigenvalue weighted by molar-refractivity contribution is -0.136. The molecule has 1 aliphatic heterocycles. The first-order valence-electron chi connectivity index (χ1n) is 6.35. The van der Waals surface area contributed by atoms with Gasteiger partial charge in [-0.3, -0.25) is 9.59 Å². The van der Waals surface area contributed by atoms with E-state index in [-0.39, 0.29) is 18.4 Å². The average Bonchev–Trinajstić information content (AvgIpc) is 2.68. The van der Waals surface area contributed by atoms with Crippen LogP contribution in [0.15, 0.2) is 24.3 Å². The fourth-order valence-electron chi connectivity index (χ4n) is 2.31. The van der Waals surface area contributed by atoms with Crippen LogP contribution in [-0.2, 0) is 22.6 Å². The summed E-state index contributed by atoms with van der Waals surface area (Å²) in [6, 6.07) is 7.27. The summed E-state index contributed by atoms with van der Waals surface area (Å²) in [5.74, 6) is -0.736. The van der Waals surface area contributed by atoms with Gasteiger partial charge in [0.2, 0.25) is 5.91 Å². The molecule has 0 bridgehead atoms. The van der Waals surface area contributed by atoms with E-state index in [1.54, 1.807) is 11.9 Å². The number of carboxylic acid groups (broad SMARTS) is 1. The number of amides is 1. The zero-order chi connectivity index (χ0) is 13.8. The van der Waals surface area contributed by atoms with Crippen LogP contribution in [0.3, 0.4) is 0 Å². The molecule has 1 saturated heterocycles. The summed E-state index contributed by atoms with van der Waals surface area (Å²) in [6.07, 6.45) is 0.812. The second-order valence-corrected chi connectivity index (χ2v) is 4.82. The van der Waals surface area contributed by atoms with E-state index in [0.717, 1.165) is 24.1 Å². The maximum Gasteiger partial charge on any atom is 0.307 e. The van der Waals surface area contributed by atoms with Crippen LogP contribution >= 0.6 is 0 Å². The van der Waals surface area contributed by atoms with Crippen LogP contribution in [0.5, 0.6) is 0 Å². The second-order valence-electron chi connectivity index (χ2n) is 4.82. The van der Waals surface area contributed by atoms with Crippen molar-refractivity contribution < 1.29 is 14.7 Å². The molecule has 0 aliphatic carbocycles. The van der Waals surface area contributed by atoms with E-state index >= 15 is 0 Å². The number of aliphatic carboxylic acids is 1. The van der Waals surface area contributed by atoms with Gasteiger partial charge in [0.1, 0.15) is 0 Å². The van der Waals surface area contributed by atoms with Gasteiger partial charge in [0.05, 0.1) is 12.5 Å². The topological polar surface area (TPSA) is 69.6 Å². The molecule has 1 amide bonds. The molecular formula is C14H18N2O3. The zero-order valence-electron chi connectivity index (χ0n) is 10.9. The maximum atomic E-state index is 11.8. The third kappa shape index (κ3) is 3.32. The van der Waals surface area contributed by atoms with Crippen molar-refractivity contribution >= 4 is 11.9 Å². The van der Waals surface area contributed by atoms with Gasteiger partial charge in [0.25, 0.3) is 0 Å². The van der Waals surface area contributed by atoms with Crippen molar-refractivity contribution in [1.82, 2.24) is 10.2 Å². The Labute approximate surface area is 112 Å². The quantitative estimate of drug-likeness (QED) is 0.817. The van der Waals surface area contributed by atoms with Gasteiger partial charge in [-0.25, -0.2) is 0 Å². The normalized spacial score (nSPS) is 18.9. The lowest BCUT2D eigenvalue weighted by Gasteiger charge is -2.14. The summed E-state index contributed by atoms with van der Waals surface area (Å²) in [7, 11) is 1.79. The SMILES string of the molecule is CN1CCC(NCc2ccccc2CC(=O)O)C1=O. The van der Waals surface area contributed by atoms with Gasteiger partial charge >= 0.3 is 5.97 Å². The van der Waals surface area contributed by atoms with E-state index in [2.05, 4.69) is 5.32 Å². The fourth-order valence-corrected chi connectivity index (χ4v) is 2.31. The minimum atomic E-state index is -0.843. The second kappa shape index (κ2) is 5.84. The molecule has 1 unspecified atom stereocenters. The van der Waals surface area contributed by atoms with Gasteiger partial charge < -0.3 is 15.3 Å². The molecule has 19 heavy (non-hydrogen) atoms. The van der Waals surface area contributed by atoms with Crippen LogP contribution in [-0.4, -0.2) is 41.5 Å². The Kier molecular flexibility index (Phi) is 4.16. The first-order chi connectivity index (χ1) is 9.08. The van der Waals surface area contributed by atoms with Gasteiger partial charge in [-0.05, 0) is 17.5 Å². The monoisotopic (exact) mass is 262 g/mol. The molecule has 1 heterocycles. The number of hydrogen-bond donors (Lipinski definition) is 2. The Hall–Kier alpha value is -1.88. The highest BCUT2D eigenvalue weighted by Crippen LogP contribution is 2.13. The number of hydrogen-bond acceptors (Lipinski definition) is 3. The Balaban J connectivity index is 1.99. The lowest BCUT2D eigenvalue weighted by atomic mass is 10.0. The van der Waals surface area contributed by atoms with E-state index in [1.807, 2.05) is 24.3 Å². The number of likely N-dealkylation sites (N-methyl/N-ethyl adjacent to an activating group) is 1. The van der Waals surface area contributed by atoms with Crippen molar-refractivity contribution in [2.45, 2.75) is 25.4 Å². The summed E-state index contributed by atoms with van der Waals surface area (Å²) >= 11 is 0. The molecule has 0 saturated carbocycles. The highest BCUT2D eigenvalue weighted by molar-refractivity contribution is 5.83. The minimum absolute atomic E-state index is 0.0103. The fraction of sp³-hybridized carbons (Fsp3) is 0.429. The van der Waals surface area contributed by atoms with Crippen LogP contribution in [0.25, 0.3) is 0 Å². The summed E-state index contributed by atoms with van der Waals surface area (Å²) in [4.78, 5) is 24.3. The Bertz CT molecular complexity index is 487. The standard InChI is InChI=1S/C14H18N2O3/c1-16-7-6-12(14(16)19)15-9-11-5-3-2-4-10(11)8-13(17)18/h2-5,12,15H,6-9H2,1H3,(H,17,18). The summed E-state index contributed by atoms with van der Waals surface area (Å²) in [6.45, 7) is 1.29. The van der Waals surface area contributed by atoms with E-state index in [1.165, 1.54) is 0 Å². The molecule has 2 N–H and O–H groups in total. The Morgan fingerprint density at radius 2 is 2.11 bits per heavy atom. The molecule has 0 radical (unpaired) electrons. The predicted octanol–water partition coefficient (Wildman–Crippen LogP) is 0.634. The van der Waals surface area contributed by atoms with Crippen LogP contribution in [0.2, 0.25) is 0 Å². The van der Waals surface area contributed by atoms with Gasteiger partial charge in [0.15, 0.2) is 0 Å². The van der Waals surface area contributed by atoms with E-state index < -0.39 is 5.97 Å². The van der Waals surface area contributed by atoms with Crippen LogP contribution in [0.1, 0.15) is 17.5 Å². The molecular weight excluding hydrogens is 244 g/mol. The summed E-state index contributed by atoms with van der Waals surface area (Å²) < 4.78 is 0. The molecule has 5 heteroatoms. The molecule has 102 valence electrons. The molecule has 0 aromatic heterocycles. The number of carbonyl (C=O) groups excluding carboxylic acids is 1. The van der Waals surface area contributed by atoms with Crippen LogP contribution in [0.4, 0.5) is 0 Å². The van der Waals surface area contributed by atoms with Gasteiger partial charge in [-0.2, -0.15) is 0 Å². The van der Waals surface area contributed by atoms with Crippen molar-refractivity contribution in [3.63, 3.8) is 0 Å². The van der Waals surface area contributed by atoms with Crippen molar-refractivity contribution in [3.8, 4) is 0 Å². The smallest absolute Gasteiger partial charge is 0.307 e. The van der Waals surface area contributed by atoms with E-state index in [0.29, 0.717) is 6.54 Å². The number of nitrogens with zero attached hydrogens (tertiary/aromatic N) is 1. The molecule has 2 rings (SSSR count). The van der Waals surface area contributed by atoms with E-state index in [9.17, 15) is 9.59 Å². The predicted molar refractivity (Wildman–Crippen MR) is 70.7 cm³/mol. The lowest BCUT2D eigenvalue weighted by Crippen LogP contribution is -2.36. The number of rotatable bonds is 5. The third-order valence-electron chi connectivity index (χ3n) is 3.43. The largest absolute Gasteiger partial charge is 0.481 e. The highest BCUT2D eigenvalue weighted by atomic mass is 16.4. The first kappa shape index (κ1) is 13.5. The molecule has 1 aromatic rings. The average molecular weight is 262 g/mol. The molecule has 1 atom stereocenters. The first-order valence-corrected chi connectivity index (χ1v) is 6.35. The van der Waals surface area contributed by atoms with Crippen molar-refractivity contribution in [1.29, 1.82) is 0 Å². The Morgan fingerprint density at radius 1 is 1.42 bits per heavy atom. The van der Waals surface area contributed by atoms with Crippen molar-refractivity contribution in [2.75, 3.05) is 13.6 Å². The van der Waals surface area contributed by atoms with Crippen LogP contribution in [0, 0.1) is 0 Å². The maximum absolute atomic E-state index is 11.8. The van der Waals surface area contributed by atoms with Gasteiger partial charge in [-0.15, -0.1) is 0 Å². The van der Waals surface area contributed by atoms with Crippen LogP contribution < -0.4 is 5.32 Å². The molecule has 5 nitrogen and oxygen atoms in total. The molecule has 1 aliphatic rings. The molecule has 0 spiro atoms. The number of benzene rings is 1.